The normalized spacial score (nSPS) is 18.3. The van der Waals surface area contributed by atoms with Gasteiger partial charge in [0.2, 0.25) is 0 Å². The van der Waals surface area contributed by atoms with Crippen molar-refractivity contribution in [3.63, 3.8) is 0 Å². The lowest BCUT2D eigenvalue weighted by Crippen LogP contribution is -2.35. The number of aryl methyl sites for hydroxylation is 1. The first-order valence-electron chi connectivity index (χ1n) is 7.86. The van der Waals surface area contributed by atoms with Gasteiger partial charge in [-0.25, -0.2) is 9.37 Å². The van der Waals surface area contributed by atoms with E-state index in [1.807, 2.05) is 17.8 Å². The maximum absolute atomic E-state index is 13.1. The lowest BCUT2D eigenvalue weighted by atomic mass is 9.90. The number of likely N-dealkylation sites (tertiary alicyclic amines) is 1. The molecule has 0 aliphatic carbocycles. The zero-order valence-corrected chi connectivity index (χ0v) is 13.9. The van der Waals surface area contributed by atoms with E-state index in [1.165, 1.54) is 12.1 Å². The number of aliphatic hydroxyl groups excluding tert-OH is 1. The molecular weight excluding hydrogens is 317 g/mol. The molecule has 2 heterocycles. The number of rotatable bonds is 4. The number of imidazole rings is 1. The predicted octanol–water partition coefficient (Wildman–Crippen LogP) is 3.16. The van der Waals surface area contributed by atoms with Gasteiger partial charge in [-0.1, -0.05) is 17.7 Å². The Bertz CT molecular complexity index is 668. The topological polar surface area (TPSA) is 41.3 Å². The summed E-state index contributed by atoms with van der Waals surface area (Å²) in [5, 5.41) is 11.0. The fourth-order valence-corrected chi connectivity index (χ4v) is 3.42. The van der Waals surface area contributed by atoms with E-state index in [-0.39, 0.29) is 11.7 Å². The van der Waals surface area contributed by atoms with E-state index >= 15 is 0 Å². The Kier molecular flexibility index (Phi) is 4.99. The molecule has 6 heteroatoms. The molecule has 1 aliphatic heterocycles. The average molecular weight is 338 g/mol. The standard InChI is InChI=1S/C17H21ClFN3O/c1-21-9-6-20-17(21)16(23)12-4-7-22(8-5-12)11-13-2-3-14(19)10-15(13)18/h2-3,6,9-10,12,16,23H,4-5,7-8,11H2,1H3/t16-/m0/s1. The second kappa shape index (κ2) is 6.99. The van der Waals surface area contributed by atoms with Gasteiger partial charge in [-0.05, 0) is 49.5 Å². The summed E-state index contributed by atoms with van der Waals surface area (Å²) in [4.78, 5) is 6.54. The van der Waals surface area contributed by atoms with Crippen LogP contribution >= 0.6 is 11.6 Å². The van der Waals surface area contributed by atoms with E-state index in [0.29, 0.717) is 11.6 Å². The third-order valence-corrected chi connectivity index (χ3v) is 4.96. The van der Waals surface area contributed by atoms with Crippen LogP contribution in [0.15, 0.2) is 30.6 Å². The first-order chi connectivity index (χ1) is 11.0. The Morgan fingerprint density at radius 3 is 2.74 bits per heavy atom. The summed E-state index contributed by atoms with van der Waals surface area (Å²) in [6.45, 7) is 2.49. The van der Waals surface area contributed by atoms with Gasteiger partial charge in [0.05, 0.1) is 0 Å². The zero-order chi connectivity index (χ0) is 16.4. The van der Waals surface area contributed by atoms with Crippen molar-refractivity contribution in [2.45, 2.75) is 25.5 Å². The maximum Gasteiger partial charge on any atom is 0.137 e. The largest absolute Gasteiger partial charge is 0.385 e. The number of aromatic nitrogens is 2. The number of benzene rings is 1. The van der Waals surface area contributed by atoms with Gasteiger partial charge in [0.25, 0.3) is 0 Å². The molecule has 0 unspecified atom stereocenters. The van der Waals surface area contributed by atoms with Crippen molar-refractivity contribution in [2.24, 2.45) is 13.0 Å². The Morgan fingerprint density at radius 1 is 1.39 bits per heavy atom. The molecule has 0 spiro atoms. The molecule has 1 fully saturated rings. The van der Waals surface area contributed by atoms with Crippen molar-refractivity contribution >= 4 is 11.6 Å². The summed E-state index contributed by atoms with van der Waals surface area (Å²) in [6.07, 6.45) is 4.86. The fraction of sp³-hybridized carbons (Fsp3) is 0.471. The third-order valence-electron chi connectivity index (χ3n) is 4.61. The Morgan fingerprint density at radius 2 is 2.13 bits per heavy atom. The lowest BCUT2D eigenvalue weighted by Gasteiger charge is -2.34. The first-order valence-corrected chi connectivity index (χ1v) is 8.24. The molecule has 2 aromatic rings. The SMILES string of the molecule is Cn1ccnc1[C@@H](O)C1CCN(Cc2ccc(F)cc2Cl)CC1. The number of hydrogen-bond donors (Lipinski definition) is 1. The van der Waals surface area contributed by atoms with E-state index in [9.17, 15) is 9.50 Å². The maximum atomic E-state index is 13.1. The Hall–Kier alpha value is -1.43. The van der Waals surface area contributed by atoms with Gasteiger partial charge in [0.15, 0.2) is 0 Å². The number of halogens is 2. The highest BCUT2D eigenvalue weighted by molar-refractivity contribution is 6.31. The van der Waals surface area contributed by atoms with Crippen LogP contribution in [0.5, 0.6) is 0 Å². The van der Waals surface area contributed by atoms with Crippen LogP contribution in [-0.2, 0) is 13.6 Å². The van der Waals surface area contributed by atoms with Gasteiger partial charge in [-0.15, -0.1) is 0 Å². The van der Waals surface area contributed by atoms with Crippen molar-refractivity contribution in [3.05, 3.63) is 52.8 Å². The number of nitrogens with zero attached hydrogens (tertiary/aromatic N) is 3. The highest BCUT2D eigenvalue weighted by Gasteiger charge is 2.28. The summed E-state index contributed by atoms with van der Waals surface area (Å²) >= 11 is 6.10. The summed E-state index contributed by atoms with van der Waals surface area (Å²) in [7, 11) is 1.90. The van der Waals surface area contributed by atoms with Crippen molar-refractivity contribution < 1.29 is 9.50 Å². The third kappa shape index (κ3) is 3.74. The number of aliphatic hydroxyl groups is 1. The summed E-state index contributed by atoms with van der Waals surface area (Å²) in [6, 6.07) is 4.54. The van der Waals surface area contributed by atoms with E-state index < -0.39 is 6.10 Å². The molecule has 0 bridgehead atoms. The van der Waals surface area contributed by atoms with Gasteiger partial charge in [0.1, 0.15) is 17.7 Å². The molecule has 3 rings (SSSR count). The first kappa shape index (κ1) is 16.4. The van der Waals surface area contributed by atoms with Gasteiger partial charge in [-0.2, -0.15) is 0 Å². The van der Waals surface area contributed by atoms with E-state index in [0.717, 1.165) is 37.3 Å². The van der Waals surface area contributed by atoms with Crippen LogP contribution < -0.4 is 0 Å². The fourth-order valence-electron chi connectivity index (χ4n) is 3.19. The minimum atomic E-state index is -0.522. The van der Waals surface area contributed by atoms with Crippen molar-refractivity contribution in [1.82, 2.24) is 14.5 Å². The molecule has 23 heavy (non-hydrogen) atoms. The molecule has 1 aromatic heterocycles. The molecule has 124 valence electrons. The minimum absolute atomic E-state index is 0.219. The minimum Gasteiger partial charge on any atom is -0.385 e. The van der Waals surface area contributed by atoms with Crippen LogP contribution in [0.4, 0.5) is 4.39 Å². The monoisotopic (exact) mass is 337 g/mol. The number of hydrogen-bond acceptors (Lipinski definition) is 3. The molecule has 1 aromatic carbocycles. The molecule has 0 amide bonds. The molecule has 1 N–H and O–H groups in total. The molecule has 4 nitrogen and oxygen atoms in total. The van der Waals surface area contributed by atoms with Crippen LogP contribution in [0.2, 0.25) is 5.02 Å². The molecule has 0 saturated carbocycles. The summed E-state index contributed by atoms with van der Waals surface area (Å²) in [5.74, 6) is 0.636. The van der Waals surface area contributed by atoms with Crippen molar-refractivity contribution in [3.8, 4) is 0 Å². The summed E-state index contributed by atoms with van der Waals surface area (Å²) < 4.78 is 15.0. The molecule has 1 aliphatic rings. The van der Waals surface area contributed by atoms with E-state index in [4.69, 9.17) is 11.6 Å². The van der Waals surface area contributed by atoms with Gasteiger partial charge in [0, 0.05) is 31.0 Å². The van der Waals surface area contributed by atoms with Crippen LogP contribution in [-0.4, -0.2) is 32.6 Å². The molecule has 0 radical (unpaired) electrons. The highest BCUT2D eigenvalue weighted by Crippen LogP contribution is 2.30. The smallest absolute Gasteiger partial charge is 0.137 e. The average Bonchev–Trinajstić information content (AvgIpc) is 2.96. The second-order valence-corrected chi connectivity index (χ2v) is 6.60. The number of piperidine rings is 1. The van der Waals surface area contributed by atoms with Gasteiger partial charge >= 0.3 is 0 Å². The van der Waals surface area contributed by atoms with Crippen molar-refractivity contribution in [2.75, 3.05) is 13.1 Å². The van der Waals surface area contributed by atoms with Crippen molar-refractivity contribution in [1.29, 1.82) is 0 Å². The second-order valence-electron chi connectivity index (χ2n) is 6.19. The predicted molar refractivity (Wildman–Crippen MR) is 87.6 cm³/mol. The Labute approximate surface area is 140 Å². The van der Waals surface area contributed by atoms with Crippen LogP contribution in [0.1, 0.15) is 30.3 Å². The summed E-state index contributed by atoms with van der Waals surface area (Å²) in [5.41, 5.74) is 0.941. The zero-order valence-electron chi connectivity index (χ0n) is 13.1. The Balaban J connectivity index is 1.57. The molecule has 1 saturated heterocycles. The highest BCUT2D eigenvalue weighted by atomic mass is 35.5. The quantitative estimate of drug-likeness (QED) is 0.931. The van der Waals surface area contributed by atoms with E-state index in [2.05, 4.69) is 9.88 Å². The lowest BCUT2D eigenvalue weighted by molar-refractivity contribution is 0.0492. The van der Waals surface area contributed by atoms with Gasteiger partial charge < -0.3 is 9.67 Å². The van der Waals surface area contributed by atoms with Crippen LogP contribution in [0, 0.1) is 11.7 Å². The molecule has 1 atom stereocenters. The van der Waals surface area contributed by atoms with E-state index in [1.54, 1.807) is 12.3 Å². The van der Waals surface area contributed by atoms with Crippen LogP contribution in [0.3, 0.4) is 0 Å². The van der Waals surface area contributed by atoms with Gasteiger partial charge in [-0.3, -0.25) is 4.90 Å². The van der Waals surface area contributed by atoms with Crippen LogP contribution in [0.25, 0.3) is 0 Å². The molecular formula is C17H21ClFN3O.